The molecule has 3 rings (SSSR count). The molecule has 68 valence electrons. The lowest BCUT2D eigenvalue weighted by Crippen LogP contribution is -1.77. The predicted octanol–water partition coefficient (Wildman–Crippen LogP) is 4.46. The van der Waals surface area contributed by atoms with Gasteiger partial charge in [-0.15, -0.1) is 0 Å². The molecule has 0 saturated heterocycles. The van der Waals surface area contributed by atoms with Gasteiger partial charge in [-0.2, -0.15) is 0 Å². The van der Waals surface area contributed by atoms with E-state index in [0.29, 0.717) is 10.1 Å². The first-order chi connectivity index (χ1) is 6.79. The van der Waals surface area contributed by atoms with Crippen LogP contribution >= 0.6 is 23.2 Å². The molecule has 14 heavy (non-hydrogen) atoms. The van der Waals surface area contributed by atoms with Crippen LogP contribution in [0.1, 0.15) is 11.1 Å². The fraction of sp³-hybridized carbons (Fsp3) is 0. The Morgan fingerprint density at radius 1 is 0.714 bits per heavy atom. The maximum absolute atomic E-state index is 6.15. The minimum Gasteiger partial charge on any atom is -0.0820 e. The molecule has 0 bridgehead atoms. The monoisotopic (exact) mass is 220 g/mol. The lowest BCUT2D eigenvalue weighted by Gasteiger charge is -2.00. The Morgan fingerprint density at radius 2 is 1.21 bits per heavy atom. The molecule has 1 aliphatic rings. The number of hydrogen-bond donors (Lipinski definition) is 0. The standard InChI is InChI=1S/C12H6Cl2/c13-11-8-5-1-3-7-4-2-6-9(10(7)8)12(11)14/h1-6H. The van der Waals surface area contributed by atoms with Crippen molar-refractivity contribution >= 4 is 44.0 Å². The van der Waals surface area contributed by atoms with Gasteiger partial charge < -0.3 is 0 Å². The third kappa shape index (κ3) is 0.902. The van der Waals surface area contributed by atoms with Crippen molar-refractivity contribution in [3.8, 4) is 0 Å². The zero-order valence-corrected chi connectivity index (χ0v) is 8.73. The summed E-state index contributed by atoms with van der Waals surface area (Å²) in [7, 11) is 0. The topological polar surface area (TPSA) is 0 Å². The van der Waals surface area contributed by atoms with Gasteiger partial charge in [-0.05, 0) is 10.8 Å². The van der Waals surface area contributed by atoms with Crippen molar-refractivity contribution in [2.24, 2.45) is 0 Å². The molecule has 0 aromatic heterocycles. The molecule has 0 saturated carbocycles. The van der Waals surface area contributed by atoms with Crippen LogP contribution in [0.5, 0.6) is 0 Å². The van der Waals surface area contributed by atoms with Gasteiger partial charge in [0.25, 0.3) is 0 Å². The third-order valence-corrected chi connectivity index (χ3v) is 3.45. The molecule has 0 fully saturated rings. The summed E-state index contributed by atoms with van der Waals surface area (Å²) in [6, 6.07) is 12.1. The van der Waals surface area contributed by atoms with E-state index in [1.807, 2.05) is 24.3 Å². The van der Waals surface area contributed by atoms with Crippen molar-refractivity contribution in [2.45, 2.75) is 0 Å². The summed E-state index contributed by atoms with van der Waals surface area (Å²) in [5, 5.41) is 3.69. The molecule has 0 amide bonds. The molecular weight excluding hydrogens is 215 g/mol. The molecular formula is C12H6Cl2. The van der Waals surface area contributed by atoms with E-state index in [1.54, 1.807) is 0 Å². The summed E-state index contributed by atoms with van der Waals surface area (Å²) < 4.78 is 0. The summed E-state index contributed by atoms with van der Waals surface area (Å²) >= 11 is 12.3. The molecule has 0 radical (unpaired) electrons. The van der Waals surface area contributed by atoms with Crippen molar-refractivity contribution in [3.63, 3.8) is 0 Å². The van der Waals surface area contributed by atoms with Gasteiger partial charge in [0.2, 0.25) is 0 Å². The highest BCUT2D eigenvalue weighted by Crippen LogP contribution is 2.45. The van der Waals surface area contributed by atoms with Crippen LogP contribution in [0.4, 0.5) is 0 Å². The Kier molecular flexibility index (Phi) is 1.64. The van der Waals surface area contributed by atoms with E-state index in [0.717, 1.165) is 11.1 Å². The Bertz CT molecular complexity index is 521. The van der Waals surface area contributed by atoms with Gasteiger partial charge in [0.1, 0.15) is 0 Å². The quantitative estimate of drug-likeness (QED) is 0.616. The van der Waals surface area contributed by atoms with Gasteiger partial charge in [-0.1, -0.05) is 59.6 Å². The second-order valence-corrected chi connectivity index (χ2v) is 4.09. The number of hydrogen-bond acceptors (Lipinski definition) is 0. The minimum absolute atomic E-state index is 0.665. The molecule has 0 N–H and O–H groups in total. The Balaban J connectivity index is 2.59. The van der Waals surface area contributed by atoms with E-state index in [-0.39, 0.29) is 0 Å². The summed E-state index contributed by atoms with van der Waals surface area (Å²) in [5.41, 5.74) is 2.09. The van der Waals surface area contributed by atoms with Crippen LogP contribution in [0.2, 0.25) is 0 Å². The second kappa shape index (κ2) is 2.75. The van der Waals surface area contributed by atoms with E-state index in [9.17, 15) is 0 Å². The molecule has 0 atom stereocenters. The summed E-state index contributed by atoms with van der Waals surface area (Å²) in [6.07, 6.45) is 0. The largest absolute Gasteiger partial charge is 0.0820 e. The average molecular weight is 221 g/mol. The van der Waals surface area contributed by atoms with E-state index >= 15 is 0 Å². The molecule has 2 heteroatoms. The summed E-state index contributed by atoms with van der Waals surface area (Å²) in [4.78, 5) is 0. The lowest BCUT2D eigenvalue weighted by molar-refractivity contribution is 1.71. The Hall–Kier alpha value is -0.980. The SMILES string of the molecule is ClC1=C(Cl)c2cccc3cccc1c23. The number of benzene rings is 2. The Labute approximate surface area is 91.8 Å². The summed E-state index contributed by atoms with van der Waals surface area (Å²) in [5.74, 6) is 0. The minimum atomic E-state index is 0.665. The van der Waals surface area contributed by atoms with Crippen molar-refractivity contribution in [2.75, 3.05) is 0 Å². The van der Waals surface area contributed by atoms with E-state index in [2.05, 4.69) is 12.1 Å². The molecule has 0 aliphatic heterocycles. The van der Waals surface area contributed by atoms with Gasteiger partial charge in [0, 0.05) is 11.1 Å². The number of rotatable bonds is 0. The van der Waals surface area contributed by atoms with Crippen molar-refractivity contribution in [3.05, 3.63) is 47.5 Å². The molecule has 1 aliphatic carbocycles. The van der Waals surface area contributed by atoms with Gasteiger partial charge in [-0.25, -0.2) is 0 Å². The van der Waals surface area contributed by atoms with Crippen LogP contribution < -0.4 is 0 Å². The fourth-order valence-corrected chi connectivity index (χ4v) is 2.46. The zero-order chi connectivity index (χ0) is 9.71. The maximum atomic E-state index is 6.15. The smallest absolute Gasteiger partial charge is 0.0677 e. The van der Waals surface area contributed by atoms with Crippen LogP contribution in [0.25, 0.3) is 20.8 Å². The second-order valence-electron chi connectivity index (χ2n) is 3.34. The van der Waals surface area contributed by atoms with Gasteiger partial charge >= 0.3 is 0 Å². The van der Waals surface area contributed by atoms with Crippen LogP contribution in [0, 0.1) is 0 Å². The molecule has 0 nitrogen and oxygen atoms in total. The van der Waals surface area contributed by atoms with Crippen LogP contribution in [0.3, 0.4) is 0 Å². The lowest BCUT2D eigenvalue weighted by atomic mass is 10.0. The van der Waals surface area contributed by atoms with Gasteiger partial charge in [0.15, 0.2) is 0 Å². The molecule has 0 heterocycles. The van der Waals surface area contributed by atoms with E-state index in [4.69, 9.17) is 23.2 Å². The van der Waals surface area contributed by atoms with Crippen molar-refractivity contribution < 1.29 is 0 Å². The number of halogens is 2. The van der Waals surface area contributed by atoms with Gasteiger partial charge in [0.05, 0.1) is 10.1 Å². The molecule has 0 unspecified atom stereocenters. The van der Waals surface area contributed by atoms with E-state index < -0.39 is 0 Å². The third-order valence-electron chi connectivity index (χ3n) is 2.57. The zero-order valence-electron chi connectivity index (χ0n) is 7.22. The van der Waals surface area contributed by atoms with E-state index in [1.165, 1.54) is 10.8 Å². The first kappa shape index (κ1) is 8.34. The van der Waals surface area contributed by atoms with Crippen LogP contribution in [-0.4, -0.2) is 0 Å². The first-order valence-corrected chi connectivity index (χ1v) is 5.12. The maximum Gasteiger partial charge on any atom is 0.0677 e. The molecule has 2 aromatic rings. The van der Waals surface area contributed by atoms with Gasteiger partial charge in [-0.3, -0.25) is 0 Å². The first-order valence-electron chi connectivity index (χ1n) is 4.37. The van der Waals surface area contributed by atoms with Crippen molar-refractivity contribution in [1.82, 2.24) is 0 Å². The van der Waals surface area contributed by atoms with Crippen molar-refractivity contribution in [1.29, 1.82) is 0 Å². The molecule has 2 aromatic carbocycles. The highest BCUT2D eigenvalue weighted by Gasteiger charge is 2.20. The predicted molar refractivity (Wildman–Crippen MR) is 62.5 cm³/mol. The summed E-state index contributed by atoms with van der Waals surface area (Å²) in [6.45, 7) is 0. The van der Waals surface area contributed by atoms with Crippen LogP contribution in [-0.2, 0) is 0 Å². The average Bonchev–Trinajstić information content (AvgIpc) is 2.47. The highest BCUT2D eigenvalue weighted by molar-refractivity contribution is 6.68. The normalized spacial score (nSPS) is 14.1. The fourth-order valence-electron chi connectivity index (χ4n) is 1.94. The highest BCUT2D eigenvalue weighted by atomic mass is 35.5. The molecule has 0 spiro atoms. The Morgan fingerprint density at radius 3 is 1.71 bits per heavy atom. The van der Waals surface area contributed by atoms with Crippen LogP contribution in [0.15, 0.2) is 36.4 Å².